The zero-order valence-electron chi connectivity index (χ0n) is 12.2. The minimum absolute atomic E-state index is 0.0953. The number of carbonyl (C=O) groups excluding carboxylic acids is 1. The Morgan fingerprint density at radius 2 is 2.14 bits per heavy atom. The third kappa shape index (κ3) is 5.04. The molecule has 5 heteroatoms. The van der Waals surface area contributed by atoms with Crippen LogP contribution in [0.1, 0.15) is 10.7 Å². The van der Waals surface area contributed by atoms with Gasteiger partial charge in [-0.05, 0) is 25.1 Å². The molecule has 0 unspecified atom stereocenters. The van der Waals surface area contributed by atoms with Crippen LogP contribution in [0.15, 0.2) is 41.8 Å². The minimum Gasteiger partial charge on any atom is -0.373 e. The van der Waals surface area contributed by atoms with Crippen molar-refractivity contribution in [1.29, 1.82) is 0 Å². The normalized spacial score (nSPS) is 10.8. The highest BCUT2D eigenvalue weighted by atomic mass is 32.1. The fourth-order valence-electron chi connectivity index (χ4n) is 1.84. The van der Waals surface area contributed by atoms with Crippen LogP contribution >= 0.6 is 11.3 Å². The van der Waals surface area contributed by atoms with Crippen LogP contribution in [-0.2, 0) is 4.79 Å². The van der Waals surface area contributed by atoms with Gasteiger partial charge >= 0.3 is 0 Å². The van der Waals surface area contributed by atoms with Crippen molar-refractivity contribution in [3.05, 3.63) is 52.5 Å². The summed E-state index contributed by atoms with van der Waals surface area (Å²) in [6.45, 7) is 3.31. The molecule has 4 nitrogen and oxygen atoms in total. The van der Waals surface area contributed by atoms with Crippen molar-refractivity contribution in [2.24, 2.45) is 0 Å². The highest BCUT2D eigenvalue weighted by Gasteiger charge is 2.01. The van der Waals surface area contributed by atoms with Crippen LogP contribution < -0.4 is 10.2 Å². The Labute approximate surface area is 129 Å². The first kappa shape index (κ1) is 15.3. The molecule has 1 heterocycles. The molecule has 0 bridgehead atoms. The van der Waals surface area contributed by atoms with E-state index in [1.807, 2.05) is 49.7 Å². The van der Waals surface area contributed by atoms with Crippen LogP contribution in [0, 0.1) is 6.92 Å². The Morgan fingerprint density at radius 1 is 1.38 bits per heavy atom. The second-order valence-electron chi connectivity index (χ2n) is 4.67. The highest BCUT2D eigenvalue weighted by Crippen LogP contribution is 2.10. The first-order chi connectivity index (χ1) is 10.1. The molecule has 0 aliphatic carbocycles. The van der Waals surface area contributed by atoms with Crippen molar-refractivity contribution >= 4 is 29.0 Å². The zero-order valence-corrected chi connectivity index (χ0v) is 13.1. The lowest BCUT2D eigenvalue weighted by atomic mass is 10.3. The molecule has 21 heavy (non-hydrogen) atoms. The van der Waals surface area contributed by atoms with Crippen molar-refractivity contribution in [3.63, 3.8) is 0 Å². The van der Waals surface area contributed by atoms with E-state index in [1.54, 1.807) is 17.4 Å². The average Bonchev–Trinajstić information content (AvgIpc) is 2.91. The second kappa shape index (κ2) is 7.59. The van der Waals surface area contributed by atoms with Gasteiger partial charge < -0.3 is 10.2 Å². The summed E-state index contributed by atoms with van der Waals surface area (Å²) in [7, 11) is 2.01. The highest BCUT2D eigenvalue weighted by molar-refractivity contribution is 7.09. The molecule has 1 aromatic heterocycles. The number of aromatic nitrogens is 1. The molecule has 0 aliphatic rings. The molecule has 0 radical (unpaired) electrons. The summed E-state index contributed by atoms with van der Waals surface area (Å²) in [5.41, 5.74) is 1.97. The number of hydrogen-bond donors (Lipinski definition) is 1. The number of hydrogen-bond acceptors (Lipinski definition) is 4. The SMILES string of the molecule is Cc1nc(/C=C/C(=O)NCCN(C)c2ccccc2)cs1. The second-order valence-corrected chi connectivity index (χ2v) is 5.74. The van der Waals surface area contributed by atoms with Crippen molar-refractivity contribution in [2.45, 2.75) is 6.92 Å². The number of nitrogens with one attached hydrogen (secondary N) is 1. The average molecular weight is 301 g/mol. The molecule has 2 aromatic rings. The maximum Gasteiger partial charge on any atom is 0.244 e. The molecule has 2 rings (SSSR count). The summed E-state index contributed by atoms with van der Waals surface area (Å²) in [4.78, 5) is 18.1. The zero-order chi connectivity index (χ0) is 15.1. The molecule has 0 saturated carbocycles. The van der Waals surface area contributed by atoms with Gasteiger partial charge in [-0.15, -0.1) is 11.3 Å². The number of nitrogens with zero attached hydrogens (tertiary/aromatic N) is 2. The Balaban J connectivity index is 1.73. The van der Waals surface area contributed by atoms with Gasteiger partial charge in [-0.1, -0.05) is 18.2 Å². The van der Waals surface area contributed by atoms with E-state index in [2.05, 4.69) is 15.2 Å². The summed E-state index contributed by atoms with van der Waals surface area (Å²) in [6, 6.07) is 10.1. The summed E-state index contributed by atoms with van der Waals surface area (Å²) in [5.74, 6) is -0.0953. The Kier molecular flexibility index (Phi) is 5.51. The molecular formula is C16H19N3OS. The molecule has 0 aliphatic heterocycles. The topological polar surface area (TPSA) is 45.2 Å². The van der Waals surface area contributed by atoms with Crippen LogP contribution in [0.2, 0.25) is 0 Å². The molecule has 0 fully saturated rings. The summed E-state index contributed by atoms with van der Waals surface area (Å²) >= 11 is 1.57. The van der Waals surface area contributed by atoms with E-state index < -0.39 is 0 Å². The van der Waals surface area contributed by atoms with Gasteiger partial charge in [0.15, 0.2) is 0 Å². The number of aryl methyl sites for hydroxylation is 1. The van der Waals surface area contributed by atoms with Crippen molar-refractivity contribution in [2.75, 3.05) is 25.0 Å². The third-order valence-electron chi connectivity index (χ3n) is 2.99. The summed E-state index contributed by atoms with van der Waals surface area (Å²) in [5, 5.41) is 5.80. The Bertz CT molecular complexity index is 607. The molecule has 0 atom stereocenters. The van der Waals surface area contributed by atoms with Crippen LogP contribution in [0.5, 0.6) is 0 Å². The maximum absolute atomic E-state index is 11.7. The number of benzene rings is 1. The van der Waals surface area contributed by atoms with Gasteiger partial charge in [-0.3, -0.25) is 4.79 Å². The number of amides is 1. The van der Waals surface area contributed by atoms with E-state index in [4.69, 9.17) is 0 Å². The number of rotatable bonds is 6. The maximum atomic E-state index is 11.7. The van der Waals surface area contributed by atoms with Crippen molar-refractivity contribution in [1.82, 2.24) is 10.3 Å². The number of carbonyl (C=O) groups is 1. The van der Waals surface area contributed by atoms with Gasteiger partial charge in [0.25, 0.3) is 0 Å². The lowest BCUT2D eigenvalue weighted by molar-refractivity contribution is -0.116. The Morgan fingerprint density at radius 3 is 2.81 bits per heavy atom. The molecule has 0 saturated heterocycles. The minimum atomic E-state index is -0.0953. The largest absolute Gasteiger partial charge is 0.373 e. The smallest absolute Gasteiger partial charge is 0.244 e. The predicted molar refractivity (Wildman–Crippen MR) is 88.6 cm³/mol. The molecule has 0 spiro atoms. The lowest BCUT2D eigenvalue weighted by Crippen LogP contribution is -2.31. The van der Waals surface area contributed by atoms with E-state index in [0.29, 0.717) is 6.54 Å². The standard InChI is InChI=1S/C16H19N3OS/c1-13-18-14(12-21-13)8-9-16(20)17-10-11-19(2)15-6-4-3-5-7-15/h3-9,12H,10-11H2,1-2H3,(H,17,20)/b9-8+. The van der Waals surface area contributed by atoms with E-state index in [9.17, 15) is 4.79 Å². The Hall–Kier alpha value is -2.14. The van der Waals surface area contributed by atoms with Crippen LogP contribution in [0.4, 0.5) is 5.69 Å². The quantitative estimate of drug-likeness (QED) is 0.834. The molecule has 1 amide bonds. The van der Waals surface area contributed by atoms with E-state index in [1.165, 1.54) is 6.08 Å². The first-order valence-electron chi connectivity index (χ1n) is 6.79. The molecular weight excluding hydrogens is 282 g/mol. The number of para-hydroxylation sites is 1. The first-order valence-corrected chi connectivity index (χ1v) is 7.67. The fourth-order valence-corrected chi connectivity index (χ4v) is 2.42. The van der Waals surface area contributed by atoms with Gasteiger partial charge in [0.05, 0.1) is 10.7 Å². The van der Waals surface area contributed by atoms with E-state index >= 15 is 0 Å². The van der Waals surface area contributed by atoms with Gasteiger partial charge in [0, 0.05) is 37.3 Å². The van der Waals surface area contributed by atoms with Crippen molar-refractivity contribution < 1.29 is 4.79 Å². The van der Waals surface area contributed by atoms with Gasteiger partial charge in [-0.25, -0.2) is 4.98 Å². The third-order valence-corrected chi connectivity index (χ3v) is 3.78. The monoisotopic (exact) mass is 301 g/mol. The summed E-state index contributed by atoms with van der Waals surface area (Å²) < 4.78 is 0. The number of anilines is 1. The van der Waals surface area contributed by atoms with Crippen molar-refractivity contribution in [3.8, 4) is 0 Å². The number of likely N-dealkylation sites (N-methyl/N-ethyl adjacent to an activating group) is 1. The summed E-state index contributed by atoms with van der Waals surface area (Å²) in [6.07, 6.45) is 3.26. The van der Waals surface area contributed by atoms with Gasteiger partial charge in [-0.2, -0.15) is 0 Å². The number of thiazole rings is 1. The van der Waals surface area contributed by atoms with Gasteiger partial charge in [0.2, 0.25) is 5.91 Å². The van der Waals surface area contributed by atoms with Crippen LogP contribution in [0.25, 0.3) is 6.08 Å². The molecule has 110 valence electrons. The fraction of sp³-hybridized carbons (Fsp3) is 0.250. The van der Waals surface area contributed by atoms with E-state index in [0.717, 1.165) is 22.9 Å². The molecule has 1 aromatic carbocycles. The molecule has 1 N–H and O–H groups in total. The predicted octanol–water partition coefficient (Wildman–Crippen LogP) is 2.72. The van der Waals surface area contributed by atoms with Crippen LogP contribution in [-0.4, -0.2) is 31.0 Å². The van der Waals surface area contributed by atoms with Crippen LogP contribution in [0.3, 0.4) is 0 Å². The van der Waals surface area contributed by atoms with E-state index in [-0.39, 0.29) is 5.91 Å². The van der Waals surface area contributed by atoms with Gasteiger partial charge in [0.1, 0.15) is 0 Å². The lowest BCUT2D eigenvalue weighted by Gasteiger charge is -2.19.